The van der Waals surface area contributed by atoms with Gasteiger partial charge in [-0.3, -0.25) is 0 Å². The number of ether oxygens (including phenoxy) is 1. The van der Waals surface area contributed by atoms with Crippen LogP contribution in [0.2, 0.25) is 0 Å². The van der Waals surface area contributed by atoms with Crippen LogP contribution in [0.1, 0.15) is 11.3 Å². The topological polar surface area (TPSA) is 95.7 Å². The summed E-state index contributed by atoms with van der Waals surface area (Å²) in [6.45, 7) is 0. The number of nitrogen functional groups attached to an aromatic ring is 1. The number of nitrogens with zero attached hydrogens (tertiary/aromatic N) is 3. The van der Waals surface area contributed by atoms with Gasteiger partial charge in [-0.1, -0.05) is 0 Å². The van der Waals surface area contributed by atoms with E-state index in [-0.39, 0.29) is 28.6 Å². The van der Waals surface area contributed by atoms with Gasteiger partial charge >= 0.3 is 0 Å². The molecule has 0 aliphatic carbocycles. The molecule has 1 heterocycles. The van der Waals surface area contributed by atoms with Crippen LogP contribution in [-0.4, -0.2) is 4.98 Å². The average Bonchev–Trinajstić information content (AvgIpc) is 2.41. The van der Waals surface area contributed by atoms with Crippen molar-refractivity contribution in [2.75, 3.05) is 5.73 Å². The molecule has 2 rings (SSSR count). The Morgan fingerprint density at radius 2 is 1.95 bits per heavy atom. The van der Waals surface area contributed by atoms with Gasteiger partial charge in [0.1, 0.15) is 23.7 Å². The largest absolute Gasteiger partial charge is 0.439 e. The molecule has 92 valence electrons. The number of aromatic nitrogens is 1. The molecule has 1 aromatic carbocycles. The maximum Gasteiger partial charge on any atom is 0.220 e. The van der Waals surface area contributed by atoms with E-state index < -0.39 is 5.82 Å². The molecular formula is C13H7FN4O. The first kappa shape index (κ1) is 12.3. The van der Waals surface area contributed by atoms with Crippen LogP contribution in [0, 0.1) is 28.5 Å². The summed E-state index contributed by atoms with van der Waals surface area (Å²) in [5.74, 6) is -0.386. The van der Waals surface area contributed by atoms with Crippen molar-refractivity contribution in [3.63, 3.8) is 0 Å². The minimum Gasteiger partial charge on any atom is -0.439 e. The SMILES string of the molecule is N#Cc1ccc(Oc2ccc(N)c(C#N)n2)cc1F. The molecule has 0 aliphatic heterocycles. The Morgan fingerprint density at radius 1 is 1.16 bits per heavy atom. The number of pyridine rings is 1. The minimum atomic E-state index is -0.684. The third-order valence-corrected chi connectivity index (χ3v) is 2.29. The molecular weight excluding hydrogens is 247 g/mol. The van der Waals surface area contributed by atoms with Gasteiger partial charge in [0.25, 0.3) is 0 Å². The van der Waals surface area contributed by atoms with Gasteiger partial charge in [0.05, 0.1) is 11.3 Å². The lowest BCUT2D eigenvalue weighted by Gasteiger charge is -2.06. The number of nitriles is 2. The van der Waals surface area contributed by atoms with Crippen molar-refractivity contribution in [1.29, 1.82) is 10.5 Å². The highest BCUT2D eigenvalue weighted by molar-refractivity contribution is 5.51. The van der Waals surface area contributed by atoms with Crippen LogP contribution in [0.4, 0.5) is 10.1 Å². The number of halogens is 1. The van der Waals surface area contributed by atoms with Crippen LogP contribution in [0.3, 0.4) is 0 Å². The van der Waals surface area contributed by atoms with E-state index in [2.05, 4.69) is 4.98 Å². The van der Waals surface area contributed by atoms with E-state index in [1.165, 1.54) is 24.3 Å². The third-order valence-electron chi connectivity index (χ3n) is 2.29. The molecule has 0 aliphatic rings. The van der Waals surface area contributed by atoms with E-state index in [0.717, 1.165) is 6.07 Å². The summed E-state index contributed by atoms with van der Waals surface area (Å²) in [7, 11) is 0. The second kappa shape index (κ2) is 5.03. The Morgan fingerprint density at radius 3 is 2.58 bits per heavy atom. The van der Waals surface area contributed by atoms with Crippen LogP contribution >= 0.6 is 0 Å². The highest BCUT2D eigenvalue weighted by Crippen LogP contribution is 2.23. The van der Waals surface area contributed by atoms with Crippen molar-refractivity contribution >= 4 is 5.69 Å². The predicted octanol–water partition coefficient (Wildman–Crippen LogP) is 2.34. The van der Waals surface area contributed by atoms with E-state index >= 15 is 0 Å². The zero-order chi connectivity index (χ0) is 13.8. The molecule has 0 fully saturated rings. The van der Waals surface area contributed by atoms with E-state index in [9.17, 15) is 4.39 Å². The molecule has 0 atom stereocenters. The molecule has 5 nitrogen and oxygen atoms in total. The lowest BCUT2D eigenvalue weighted by molar-refractivity contribution is 0.457. The minimum absolute atomic E-state index is 0.0339. The maximum atomic E-state index is 13.4. The Kier molecular flexibility index (Phi) is 3.26. The molecule has 2 aromatic rings. The molecule has 1 aromatic heterocycles. The molecule has 2 N–H and O–H groups in total. The summed E-state index contributed by atoms with van der Waals surface area (Å²) in [5, 5.41) is 17.4. The molecule has 0 spiro atoms. The number of benzene rings is 1. The molecule has 0 bridgehead atoms. The number of hydrogen-bond donors (Lipinski definition) is 1. The maximum absolute atomic E-state index is 13.4. The fourth-order valence-electron chi connectivity index (χ4n) is 1.37. The first-order chi connectivity index (χ1) is 9.13. The van der Waals surface area contributed by atoms with Crippen LogP contribution in [0.5, 0.6) is 11.6 Å². The van der Waals surface area contributed by atoms with Crippen molar-refractivity contribution in [1.82, 2.24) is 4.98 Å². The van der Waals surface area contributed by atoms with Gasteiger partial charge < -0.3 is 10.5 Å². The zero-order valence-electron chi connectivity index (χ0n) is 9.59. The Bertz CT molecular complexity index is 716. The third kappa shape index (κ3) is 2.59. The molecule has 19 heavy (non-hydrogen) atoms. The van der Waals surface area contributed by atoms with Crippen LogP contribution in [0.15, 0.2) is 30.3 Å². The van der Waals surface area contributed by atoms with Crippen molar-refractivity contribution in [2.45, 2.75) is 0 Å². The molecule has 6 heteroatoms. The smallest absolute Gasteiger partial charge is 0.220 e. The van der Waals surface area contributed by atoms with Gasteiger partial charge in [-0.2, -0.15) is 10.5 Å². The fraction of sp³-hybridized carbons (Fsp3) is 0. The van der Waals surface area contributed by atoms with Gasteiger partial charge in [-0.25, -0.2) is 9.37 Å². The monoisotopic (exact) mass is 254 g/mol. The van der Waals surface area contributed by atoms with Crippen LogP contribution < -0.4 is 10.5 Å². The second-order valence-electron chi connectivity index (χ2n) is 3.55. The lowest BCUT2D eigenvalue weighted by Crippen LogP contribution is -1.96. The van der Waals surface area contributed by atoms with Crippen molar-refractivity contribution < 1.29 is 9.13 Å². The summed E-state index contributed by atoms with van der Waals surface area (Å²) >= 11 is 0. The average molecular weight is 254 g/mol. The van der Waals surface area contributed by atoms with Gasteiger partial charge in [0, 0.05) is 12.1 Å². The van der Waals surface area contributed by atoms with E-state index in [1.807, 2.05) is 6.07 Å². The van der Waals surface area contributed by atoms with Crippen LogP contribution in [-0.2, 0) is 0 Å². The van der Waals surface area contributed by atoms with E-state index in [0.29, 0.717) is 0 Å². The summed E-state index contributed by atoms with van der Waals surface area (Å²) in [4.78, 5) is 3.86. The van der Waals surface area contributed by atoms with Crippen molar-refractivity contribution in [3.05, 3.63) is 47.4 Å². The standard InChI is InChI=1S/C13H7FN4O/c14-10-5-9(2-1-8(10)6-15)19-13-4-3-11(17)12(7-16)18-13/h1-5H,17H2. The summed E-state index contributed by atoms with van der Waals surface area (Å²) in [6.07, 6.45) is 0. The molecule has 0 amide bonds. The Hall–Kier alpha value is -3.12. The predicted molar refractivity (Wildman–Crippen MR) is 64.6 cm³/mol. The Balaban J connectivity index is 2.30. The number of nitrogens with two attached hydrogens (primary N) is 1. The molecule has 0 saturated heterocycles. The second-order valence-corrected chi connectivity index (χ2v) is 3.55. The summed E-state index contributed by atoms with van der Waals surface area (Å²) in [6, 6.07) is 10.3. The van der Waals surface area contributed by atoms with E-state index in [1.54, 1.807) is 6.07 Å². The molecule has 0 unspecified atom stereocenters. The van der Waals surface area contributed by atoms with Gasteiger partial charge in [-0.05, 0) is 18.2 Å². The van der Waals surface area contributed by atoms with Gasteiger partial charge in [0.2, 0.25) is 5.88 Å². The summed E-state index contributed by atoms with van der Waals surface area (Å²) < 4.78 is 18.7. The number of hydrogen-bond acceptors (Lipinski definition) is 5. The normalized spacial score (nSPS) is 9.42. The zero-order valence-corrected chi connectivity index (χ0v) is 9.59. The highest BCUT2D eigenvalue weighted by Gasteiger charge is 2.07. The fourth-order valence-corrected chi connectivity index (χ4v) is 1.37. The molecule has 0 radical (unpaired) electrons. The van der Waals surface area contributed by atoms with Gasteiger partial charge in [-0.15, -0.1) is 0 Å². The number of rotatable bonds is 2. The molecule has 0 saturated carbocycles. The Labute approximate surface area is 108 Å². The lowest BCUT2D eigenvalue weighted by atomic mass is 10.2. The highest BCUT2D eigenvalue weighted by atomic mass is 19.1. The number of anilines is 1. The van der Waals surface area contributed by atoms with E-state index in [4.69, 9.17) is 21.0 Å². The first-order valence-electron chi connectivity index (χ1n) is 5.18. The van der Waals surface area contributed by atoms with Crippen LogP contribution in [0.25, 0.3) is 0 Å². The summed E-state index contributed by atoms with van der Waals surface area (Å²) in [5.41, 5.74) is 5.72. The van der Waals surface area contributed by atoms with Crippen molar-refractivity contribution in [2.24, 2.45) is 0 Å². The first-order valence-corrected chi connectivity index (χ1v) is 5.18. The quantitative estimate of drug-likeness (QED) is 0.887. The van der Waals surface area contributed by atoms with Crippen molar-refractivity contribution in [3.8, 4) is 23.8 Å². The van der Waals surface area contributed by atoms with Gasteiger partial charge in [0.15, 0.2) is 5.69 Å².